The van der Waals surface area contributed by atoms with Crippen LogP contribution in [0.15, 0.2) is 24.3 Å². The van der Waals surface area contributed by atoms with Crippen LogP contribution < -0.4 is 4.72 Å². The second-order valence-corrected chi connectivity index (χ2v) is 6.95. The number of hydrogen-bond acceptors (Lipinski definition) is 4. The highest BCUT2D eigenvalue weighted by Gasteiger charge is 2.26. The molecule has 2 N–H and O–H groups in total. The van der Waals surface area contributed by atoms with Crippen LogP contribution in [0.5, 0.6) is 0 Å². The van der Waals surface area contributed by atoms with Crippen molar-refractivity contribution in [3.05, 3.63) is 35.4 Å². The largest absolute Gasteiger partial charge is 0.392 e. The third-order valence-corrected chi connectivity index (χ3v) is 4.86. The summed E-state index contributed by atoms with van der Waals surface area (Å²) in [7, 11) is -3.41. The fourth-order valence-corrected chi connectivity index (χ4v) is 3.85. The first-order valence-corrected chi connectivity index (χ1v) is 8.46. The van der Waals surface area contributed by atoms with E-state index in [2.05, 4.69) is 4.72 Å². The highest BCUT2D eigenvalue weighted by atomic mass is 32.2. The minimum Gasteiger partial charge on any atom is -0.392 e. The van der Waals surface area contributed by atoms with Crippen LogP contribution in [0, 0.1) is 0 Å². The van der Waals surface area contributed by atoms with Crippen LogP contribution in [0.4, 0.5) is 0 Å². The maximum Gasteiger partial charge on any atom is 0.216 e. The van der Waals surface area contributed by atoms with Crippen molar-refractivity contribution in [2.45, 2.75) is 44.3 Å². The van der Waals surface area contributed by atoms with E-state index in [1.54, 1.807) is 24.3 Å². The average molecular weight is 299 g/mol. The number of ether oxygens (including phenoxy) is 1. The lowest BCUT2D eigenvalue weighted by Gasteiger charge is -2.20. The molecular weight excluding hydrogens is 278 g/mol. The van der Waals surface area contributed by atoms with Gasteiger partial charge < -0.3 is 9.84 Å². The summed E-state index contributed by atoms with van der Waals surface area (Å²) in [6.07, 6.45) is 1.84. The molecule has 1 heterocycles. The quantitative estimate of drug-likeness (QED) is 0.826. The van der Waals surface area contributed by atoms with Crippen molar-refractivity contribution in [2.24, 2.45) is 0 Å². The molecular formula is C14H21NO4S. The molecule has 0 amide bonds. The lowest BCUT2D eigenvalue weighted by atomic mass is 10.1. The van der Waals surface area contributed by atoms with E-state index in [0.717, 1.165) is 12.8 Å². The number of benzene rings is 1. The Hall–Kier alpha value is -0.950. The van der Waals surface area contributed by atoms with Crippen LogP contribution in [0.25, 0.3) is 0 Å². The molecule has 1 aromatic rings. The Kier molecular flexibility index (Phi) is 5.15. The van der Waals surface area contributed by atoms with E-state index in [1.807, 2.05) is 6.92 Å². The van der Waals surface area contributed by atoms with Gasteiger partial charge in [-0.3, -0.25) is 0 Å². The van der Waals surface area contributed by atoms with Crippen LogP contribution in [-0.2, 0) is 27.1 Å². The van der Waals surface area contributed by atoms with Crippen LogP contribution in [0.3, 0.4) is 0 Å². The first-order valence-electron chi connectivity index (χ1n) is 6.80. The van der Waals surface area contributed by atoms with Gasteiger partial charge in [0.1, 0.15) is 0 Å². The zero-order chi connectivity index (χ0) is 14.6. The number of hydrogen-bond donors (Lipinski definition) is 2. The monoisotopic (exact) mass is 299 g/mol. The molecule has 0 aliphatic carbocycles. The van der Waals surface area contributed by atoms with Crippen molar-refractivity contribution in [1.29, 1.82) is 0 Å². The van der Waals surface area contributed by atoms with Crippen molar-refractivity contribution in [2.75, 3.05) is 6.61 Å². The highest BCUT2D eigenvalue weighted by Crippen LogP contribution is 2.17. The minimum atomic E-state index is -3.41. The van der Waals surface area contributed by atoms with Gasteiger partial charge in [-0.2, -0.15) is 0 Å². The summed E-state index contributed by atoms with van der Waals surface area (Å²) < 4.78 is 32.4. The number of aliphatic hydroxyl groups is 1. The maximum atomic E-state index is 12.1. The van der Waals surface area contributed by atoms with Crippen LogP contribution in [0.2, 0.25) is 0 Å². The zero-order valence-electron chi connectivity index (χ0n) is 11.6. The second-order valence-electron chi connectivity index (χ2n) is 5.20. The maximum absolute atomic E-state index is 12.1. The standard InChI is InChI=1S/C14H21NO4S/c1-11(14-6-3-7-19-14)15-20(17,18)10-13-5-2-4-12(8-13)9-16/h2,4-5,8,11,14-16H,3,6-7,9-10H2,1H3. The summed E-state index contributed by atoms with van der Waals surface area (Å²) in [5, 5.41) is 9.07. The Labute approximate surface area is 120 Å². The Balaban J connectivity index is 1.99. The van der Waals surface area contributed by atoms with E-state index in [9.17, 15) is 8.42 Å². The van der Waals surface area contributed by atoms with Gasteiger partial charge in [0.05, 0.1) is 18.5 Å². The molecule has 0 spiro atoms. The third-order valence-electron chi connectivity index (χ3n) is 3.42. The van der Waals surface area contributed by atoms with Crippen molar-refractivity contribution >= 4 is 10.0 Å². The summed E-state index contributed by atoms with van der Waals surface area (Å²) in [4.78, 5) is 0. The van der Waals surface area contributed by atoms with Gasteiger partial charge in [-0.1, -0.05) is 24.3 Å². The molecule has 1 saturated heterocycles. The molecule has 0 bridgehead atoms. The number of rotatable bonds is 6. The predicted molar refractivity (Wildman–Crippen MR) is 76.6 cm³/mol. The summed E-state index contributed by atoms with van der Waals surface area (Å²) >= 11 is 0. The normalized spacial score (nSPS) is 21.0. The van der Waals surface area contributed by atoms with E-state index in [1.165, 1.54) is 0 Å². The van der Waals surface area contributed by atoms with Crippen molar-refractivity contribution in [3.63, 3.8) is 0 Å². The summed E-state index contributed by atoms with van der Waals surface area (Å²) in [6, 6.07) is 6.74. The molecule has 0 radical (unpaired) electrons. The van der Waals surface area contributed by atoms with E-state index in [4.69, 9.17) is 9.84 Å². The lowest BCUT2D eigenvalue weighted by molar-refractivity contribution is 0.0902. The Morgan fingerprint density at radius 3 is 2.85 bits per heavy atom. The molecule has 2 unspecified atom stereocenters. The van der Waals surface area contributed by atoms with Crippen LogP contribution in [0.1, 0.15) is 30.9 Å². The molecule has 1 aliphatic rings. The molecule has 20 heavy (non-hydrogen) atoms. The molecule has 112 valence electrons. The molecule has 1 fully saturated rings. The lowest BCUT2D eigenvalue weighted by Crippen LogP contribution is -2.41. The fourth-order valence-electron chi connectivity index (χ4n) is 2.43. The zero-order valence-corrected chi connectivity index (χ0v) is 12.4. The Bertz CT molecular complexity index is 538. The first-order chi connectivity index (χ1) is 9.50. The molecule has 0 aromatic heterocycles. The second kappa shape index (κ2) is 6.67. The van der Waals surface area contributed by atoms with Crippen molar-refractivity contribution < 1.29 is 18.3 Å². The van der Waals surface area contributed by atoms with Crippen molar-refractivity contribution in [1.82, 2.24) is 4.72 Å². The van der Waals surface area contributed by atoms with Crippen LogP contribution in [-0.4, -0.2) is 32.3 Å². The average Bonchev–Trinajstić information content (AvgIpc) is 2.91. The highest BCUT2D eigenvalue weighted by molar-refractivity contribution is 7.88. The minimum absolute atomic E-state index is 0.0337. The van der Waals surface area contributed by atoms with E-state index >= 15 is 0 Å². The Morgan fingerprint density at radius 2 is 2.20 bits per heavy atom. The number of sulfonamides is 1. The van der Waals surface area contributed by atoms with Gasteiger partial charge in [0.15, 0.2) is 0 Å². The van der Waals surface area contributed by atoms with E-state index in [0.29, 0.717) is 17.7 Å². The van der Waals surface area contributed by atoms with Gasteiger partial charge in [-0.05, 0) is 30.9 Å². The van der Waals surface area contributed by atoms with Crippen LogP contribution >= 0.6 is 0 Å². The van der Waals surface area contributed by atoms with E-state index in [-0.39, 0.29) is 24.5 Å². The molecule has 0 saturated carbocycles. The smallest absolute Gasteiger partial charge is 0.216 e. The van der Waals surface area contributed by atoms with Gasteiger partial charge in [-0.25, -0.2) is 13.1 Å². The summed E-state index contributed by atoms with van der Waals surface area (Å²) in [6.45, 7) is 2.45. The third kappa shape index (κ3) is 4.28. The Morgan fingerprint density at radius 1 is 1.45 bits per heavy atom. The molecule has 5 nitrogen and oxygen atoms in total. The molecule has 2 rings (SSSR count). The summed E-state index contributed by atoms with van der Waals surface area (Å²) in [5.74, 6) is -0.0854. The van der Waals surface area contributed by atoms with Crippen molar-refractivity contribution in [3.8, 4) is 0 Å². The molecule has 1 aliphatic heterocycles. The first kappa shape index (κ1) is 15.4. The molecule has 6 heteroatoms. The summed E-state index contributed by atoms with van der Waals surface area (Å²) in [5.41, 5.74) is 1.38. The van der Waals surface area contributed by atoms with E-state index < -0.39 is 10.0 Å². The number of aliphatic hydroxyl groups excluding tert-OH is 1. The SMILES string of the molecule is CC(NS(=O)(=O)Cc1cccc(CO)c1)C1CCCO1. The van der Waals surface area contributed by atoms with Gasteiger partial charge in [-0.15, -0.1) is 0 Å². The topological polar surface area (TPSA) is 75.6 Å². The molecule has 1 aromatic carbocycles. The molecule has 2 atom stereocenters. The van der Waals surface area contributed by atoms with Gasteiger partial charge in [0.2, 0.25) is 10.0 Å². The predicted octanol–water partition coefficient (Wildman–Crippen LogP) is 1.17. The van der Waals surface area contributed by atoms with Gasteiger partial charge in [0.25, 0.3) is 0 Å². The van der Waals surface area contributed by atoms with Gasteiger partial charge in [0, 0.05) is 12.6 Å². The van der Waals surface area contributed by atoms with Gasteiger partial charge >= 0.3 is 0 Å². The number of nitrogens with one attached hydrogen (secondary N) is 1. The fraction of sp³-hybridized carbons (Fsp3) is 0.571.